The zero-order valence-corrected chi connectivity index (χ0v) is 14.7. The van der Waals surface area contributed by atoms with E-state index < -0.39 is 0 Å². The zero-order valence-electron chi connectivity index (χ0n) is 14.7. The molecule has 2 N–H and O–H groups in total. The summed E-state index contributed by atoms with van der Waals surface area (Å²) in [5.74, 6) is 0.406. The van der Waals surface area contributed by atoms with Gasteiger partial charge in [0.15, 0.2) is 5.65 Å². The predicted molar refractivity (Wildman–Crippen MR) is 100.0 cm³/mol. The van der Waals surface area contributed by atoms with Crippen LogP contribution in [-0.4, -0.2) is 56.5 Å². The summed E-state index contributed by atoms with van der Waals surface area (Å²) < 4.78 is 1.83. The van der Waals surface area contributed by atoms with Gasteiger partial charge < -0.3 is 15.5 Å². The second-order valence-electron chi connectivity index (χ2n) is 6.27. The van der Waals surface area contributed by atoms with Gasteiger partial charge in [0.2, 0.25) is 5.95 Å². The highest BCUT2D eigenvalue weighted by Gasteiger charge is 2.23. The first kappa shape index (κ1) is 16.3. The van der Waals surface area contributed by atoms with Crippen LogP contribution in [0.15, 0.2) is 36.8 Å². The summed E-state index contributed by atoms with van der Waals surface area (Å²) in [6.45, 7) is 5.61. The van der Waals surface area contributed by atoms with Gasteiger partial charge in [-0.1, -0.05) is 0 Å². The molecule has 8 heteroatoms. The molecule has 0 bridgehead atoms. The molecule has 0 spiro atoms. The Morgan fingerprint density at radius 3 is 2.62 bits per heavy atom. The number of imidazole rings is 1. The van der Waals surface area contributed by atoms with Crippen LogP contribution in [0.25, 0.3) is 11.2 Å². The lowest BCUT2D eigenvalue weighted by atomic mass is 10.2. The van der Waals surface area contributed by atoms with Gasteiger partial charge >= 0.3 is 0 Å². The molecule has 1 aliphatic rings. The van der Waals surface area contributed by atoms with Crippen LogP contribution in [0, 0.1) is 0 Å². The fourth-order valence-electron chi connectivity index (χ4n) is 3.36. The van der Waals surface area contributed by atoms with Crippen LogP contribution < -0.4 is 10.6 Å². The van der Waals surface area contributed by atoms with Gasteiger partial charge in [-0.15, -0.1) is 0 Å². The first-order chi connectivity index (χ1) is 12.7. The molecule has 4 heterocycles. The van der Waals surface area contributed by atoms with Crippen LogP contribution in [0.5, 0.6) is 0 Å². The summed E-state index contributed by atoms with van der Waals surface area (Å²) in [5.41, 5.74) is 8.97. The molecule has 3 aromatic rings. The van der Waals surface area contributed by atoms with E-state index in [1.54, 1.807) is 24.7 Å². The van der Waals surface area contributed by atoms with Gasteiger partial charge in [-0.05, 0) is 25.1 Å². The molecule has 3 aromatic heterocycles. The Balaban J connectivity index is 1.49. The van der Waals surface area contributed by atoms with E-state index >= 15 is 0 Å². The summed E-state index contributed by atoms with van der Waals surface area (Å²) in [5, 5.41) is 0. The maximum absolute atomic E-state index is 12.8. The standard InChI is InChI=1S/C18H21N7O/c1-2-25-16-15(22-18(25)19)11-13(12-21-16)17(26)24-9-7-23(8-10-24)14-3-5-20-6-4-14/h3-6,11-12H,2,7-10H2,1H3,(H2,19,22). The molecule has 134 valence electrons. The molecule has 0 saturated carbocycles. The van der Waals surface area contributed by atoms with Gasteiger partial charge in [-0.2, -0.15) is 0 Å². The molecule has 0 aromatic carbocycles. The van der Waals surface area contributed by atoms with Gasteiger partial charge in [0.05, 0.1) is 5.56 Å². The fraction of sp³-hybridized carbons (Fsp3) is 0.333. The molecule has 0 unspecified atom stereocenters. The van der Waals surface area contributed by atoms with Gasteiger partial charge in [0.1, 0.15) is 5.52 Å². The van der Waals surface area contributed by atoms with E-state index in [1.165, 1.54) is 0 Å². The SMILES string of the molecule is CCn1c(N)nc2cc(C(=O)N3CCN(c4ccncc4)CC3)cnc21. The van der Waals surface area contributed by atoms with E-state index in [0.29, 0.717) is 42.3 Å². The number of nitrogens with two attached hydrogens (primary N) is 1. The number of carbonyl (C=O) groups is 1. The molecular weight excluding hydrogens is 330 g/mol. The van der Waals surface area contributed by atoms with Gasteiger partial charge in [-0.3, -0.25) is 14.3 Å². The molecule has 0 radical (unpaired) electrons. The van der Waals surface area contributed by atoms with Crippen molar-refractivity contribution >= 4 is 28.7 Å². The van der Waals surface area contributed by atoms with Crippen molar-refractivity contribution in [2.24, 2.45) is 0 Å². The smallest absolute Gasteiger partial charge is 0.255 e. The number of aromatic nitrogens is 4. The van der Waals surface area contributed by atoms with E-state index in [9.17, 15) is 4.79 Å². The van der Waals surface area contributed by atoms with Crippen LogP contribution in [0.4, 0.5) is 11.6 Å². The summed E-state index contributed by atoms with van der Waals surface area (Å²) in [4.78, 5) is 29.7. The lowest BCUT2D eigenvalue weighted by molar-refractivity contribution is 0.0746. The lowest BCUT2D eigenvalue weighted by Crippen LogP contribution is -2.48. The van der Waals surface area contributed by atoms with E-state index in [2.05, 4.69) is 19.9 Å². The third-order valence-electron chi connectivity index (χ3n) is 4.77. The number of rotatable bonds is 3. The summed E-state index contributed by atoms with van der Waals surface area (Å²) in [6.07, 6.45) is 5.19. The quantitative estimate of drug-likeness (QED) is 0.766. The second kappa shape index (κ2) is 6.62. The summed E-state index contributed by atoms with van der Waals surface area (Å²) >= 11 is 0. The monoisotopic (exact) mass is 351 g/mol. The van der Waals surface area contributed by atoms with Crippen LogP contribution in [0.1, 0.15) is 17.3 Å². The molecule has 26 heavy (non-hydrogen) atoms. The number of aryl methyl sites for hydroxylation is 1. The topological polar surface area (TPSA) is 93.2 Å². The molecule has 1 saturated heterocycles. The van der Waals surface area contributed by atoms with E-state index in [0.717, 1.165) is 18.8 Å². The van der Waals surface area contributed by atoms with Gasteiger partial charge in [0, 0.05) is 57.0 Å². The van der Waals surface area contributed by atoms with Crippen molar-refractivity contribution in [3.05, 3.63) is 42.4 Å². The van der Waals surface area contributed by atoms with Crippen molar-refractivity contribution in [1.82, 2.24) is 24.4 Å². The number of amides is 1. The number of anilines is 2. The van der Waals surface area contributed by atoms with Gasteiger partial charge in [0.25, 0.3) is 5.91 Å². The first-order valence-electron chi connectivity index (χ1n) is 8.73. The van der Waals surface area contributed by atoms with Crippen LogP contribution in [0.2, 0.25) is 0 Å². The summed E-state index contributed by atoms with van der Waals surface area (Å²) in [6, 6.07) is 5.76. The highest BCUT2D eigenvalue weighted by atomic mass is 16.2. The Kier molecular flexibility index (Phi) is 4.16. The minimum absolute atomic E-state index is 0.0154. The van der Waals surface area contributed by atoms with E-state index in [-0.39, 0.29) is 5.91 Å². The van der Waals surface area contributed by atoms with Gasteiger partial charge in [-0.25, -0.2) is 9.97 Å². The number of fused-ring (bicyclic) bond motifs is 1. The Bertz CT molecular complexity index is 929. The highest BCUT2D eigenvalue weighted by molar-refractivity contribution is 5.96. The van der Waals surface area contributed by atoms with Crippen molar-refractivity contribution in [2.75, 3.05) is 36.8 Å². The van der Waals surface area contributed by atoms with Crippen molar-refractivity contribution in [1.29, 1.82) is 0 Å². The third kappa shape index (κ3) is 2.83. The Morgan fingerprint density at radius 2 is 1.92 bits per heavy atom. The Morgan fingerprint density at radius 1 is 1.19 bits per heavy atom. The molecule has 1 aliphatic heterocycles. The number of carbonyl (C=O) groups excluding carboxylic acids is 1. The lowest BCUT2D eigenvalue weighted by Gasteiger charge is -2.36. The maximum atomic E-state index is 12.8. The second-order valence-corrected chi connectivity index (χ2v) is 6.27. The van der Waals surface area contributed by atoms with E-state index in [4.69, 9.17) is 5.73 Å². The first-order valence-corrected chi connectivity index (χ1v) is 8.73. The molecule has 8 nitrogen and oxygen atoms in total. The van der Waals surface area contributed by atoms with Crippen molar-refractivity contribution in [2.45, 2.75) is 13.5 Å². The van der Waals surface area contributed by atoms with Crippen molar-refractivity contribution in [3.8, 4) is 0 Å². The van der Waals surface area contributed by atoms with Crippen molar-refractivity contribution < 1.29 is 4.79 Å². The van der Waals surface area contributed by atoms with E-state index in [1.807, 2.05) is 28.5 Å². The maximum Gasteiger partial charge on any atom is 0.255 e. The third-order valence-corrected chi connectivity index (χ3v) is 4.77. The molecule has 0 atom stereocenters. The normalized spacial score (nSPS) is 14.8. The number of pyridine rings is 2. The van der Waals surface area contributed by atoms with Crippen LogP contribution in [0.3, 0.4) is 0 Å². The summed E-state index contributed by atoms with van der Waals surface area (Å²) in [7, 11) is 0. The fourth-order valence-corrected chi connectivity index (χ4v) is 3.36. The Labute approximate surface area is 151 Å². The molecule has 1 fully saturated rings. The number of piperazine rings is 1. The molecule has 1 amide bonds. The number of nitrogen functional groups attached to an aromatic ring is 1. The predicted octanol–water partition coefficient (Wildman–Crippen LogP) is 1.39. The number of hydrogen-bond donors (Lipinski definition) is 1. The largest absolute Gasteiger partial charge is 0.369 e. The molecular formula is C18H21N7O. The minimum atomic E-state index is -0.0154. The number of nitrogens with zero attached hydrogens (tertiary/aromatic N) is 6. The average Bonchev–Trinajstić information content (AvgIpc) is 3.02. The van der Waals surface area contributed by atoms with Crippen LogP contribution in [-0.2, 0) is 6.54 Å². The molecule has 4 rings (SSSR count). The average molecular weight is 351 g/mol. The zero-order chi connectivity index (χ0) is 18.1. The van der Waals surface area contributed by atoms with Crippen molar-refractivity contribution in [3.63, 3.8) is 0 Å². The highest BCUT2D eigenvalue weighted by Crippen LogP contribution is 2.19. The van der Waals surface area contributed by atoms with Crippen LogP contribution >= 0.6 is 0 Å². The minimum Gasteiger partial charge on any atom is -0.369 e. The Hall–Kier alpha value is -3.16. The number of hydrogen-bond acceptors (Lipinski definition) is 6. The molecule has 0 aliphatic carbocycles.